The molecule has 0 unspecified atom stereocenters. The molecule has 1 aromatic rings. The van der Waals surface area contributed by atoms with Crippen molar-refractivity contribution in [1.82, 2.24) is 5.32 Å². The summed E-state index contributed by atoms with van der Waals surface area (Å²) in [5.41, 5.74) is 8.80. The summed E-state index contributed by atoms with van der Waals surface area (Å²) in [4.78, 5) is 12.2. The van der Waals surface area contributed by atoms with Gasteiger partial charge in [-0.05, 0) is 69.3 Å². The number of hydrogen-bond donors (Lipinski definition) is 2. The summed E-state index contributed by atoms with van der Waals surface area (Å²) in [5, 5.41) is 3.05. The van der Waals surface area contributed by atoms with Crippen LogP contribution in [0.3, 0.4) is 0 Å². The minimum Gasteiger partial charge on any atom is -0.347 e. The summed E-state index contributed by atoms with van der Waals surface area (Å²) >= 11 is 0. The lowest BCUT2D eigenvalue weighted by atomic mass is 9.99. The third-order valence-corrected chi connectivity index (χ3v) is 3.58. The molecule has 98 valence electrons. The maximum atomic E-state index is 12.2. The van der Waals surface area contributed by atoms with Crippen molar-refractivity contribution in [2.45, 2.75) is 45.1 Å². The van der Waals surface area contributed by atoms with Gasteiger partial charge in [-0.2, -0.15) is 0 Å². The third kappa shape index (κ3) is 2.91. The second kappa shape index (κ2) is 5.11. The van der Waals surface area contributed by atoms with Crippen molar-refractivity contribution in [3.63, 3.8) is 0 Å². The first kappa shape index (κ1) is 13.1. The maximum absolute atomic E-state index is 12.2. The first-order valence-corrected chi connectivity index (χ1v) is 6.66. The van der Waals surface area contributed by atoms with E-state index in [1.165, 1.54) is 17.5 Å². The summed E-state index contributed by atoms with van der Waals surface area (Å²) in [6, 6.07) is 6.06. The van der Waals surface area contributed by atoms with Gasteiger partial charge >= 0.3 is 0 Å². The zero-order valence-electron chi connectivity index (χ0n) is 11.3. The quantitative estimate of drug-likeness (QED) is 0.854. The highest BCUT2D eigenvalue weighted by atomic mass is 16.1. The normalized spacial score (nSPS) is 14.4. The Morgan fingerprint density at radius 3 is 2.78 bits per heavy atom. The largest absolute Gasteiger partial charge is 0.347 e. The van der Waals surface area contributed by atoms with Crippen LogP contribution in [-0.4, -0.2) is 18.0 Å². The van der Waals surface area contributed by atoms with E-state index in [9.17, 15) is 4.79 Å². The topological polar surface area (TPSA) is 55.1 Å². The minimum absolute atomic E-state index is 0.00292. The molecular formula is C15H22N2O. The van der Waals surface area contributed by atoms with E-state index in [0.717, 1.165) is 24.8 Å². The van der Waals surface area contributed by atoms with Crippen molar-refractivity contribution in [1.29, 1.82) is 0 Å². The van der Waals surface area contributed by atoms with E-state index in [4.69, 9.17) is 5.73 Å². The lowest BCUT2D eigenvalue weighted by Gasteiger charge is -2.25. The van der Waals surface area contributed by atoms with E-state index < -0.39 is 0 Å². The van der Waals surface area contributed by atoms with Crippen LogP contribution >= 0.6 is 0 Å². The molecule has 0 aromatic heterocycles. The molecule has 2 rings (SSSR count). The maximum Gasteiger partial charge on any atom is 0.251 e. The molecule has 0 fully saturated rings. The Morgan fingerprint density at radius 2 is 2.06 bits per heavy atom. The van der Waals surface area contributed by atoms with Gasteiger partial charge in [-0.3, -0.25) is 4.79 Å². The monoisotopic (exact) mass is 246 g/mol. The number of aryl methyl sites for hydroxylation is 2. The fourth-order valence-corrected chi connectivity index (χ4v) is 2.52. The number of carbonyl (C=O) groups is 1. The van der Waals surface area contributed by atoms with Crippen molar-refractivity contribution in [2.24, 2.45) is 5.73 Å². The van der Waals surface area contributed by atoms with Gasteiger partial charge in [0.25, 0.3) is 5.91 Å². The molecule has 0 heterocycles. The number of nitrogens with two attached hydrogens (primary N) is 1. The summed E-state index contributed by atoms with van der Waals surface area (Å²) in [6.07, 6.45) is 4.24. The van der Waals surface area contributed by atoms with Gasteiger partial charge in [0.2, 0.25) is 0 Å². The van der Waals surface area contributed by atoms with Gasteiger partial charge in [0.05, 0.1) is 0 Å². The van der Waals surface area contributed by atoms with Crippen LogP contribution in [0.5, 0.6) is 0 Å². The fraction of sp³-hybridized carbons (Fsp3) is 0.533. The summed E-state index contributed by atoms with van der Waals surface area (Å²) in [6.45, 7) is 4.59. The number of benzene rings is 1. The van der Waals surface area contributed by atoms with E-state index in [-0.39, 0.29) is 11.4 Å². The second-order valence-electron chi connectivity index (χ2n) is 5.71. The Labute approximate surface area is 109 Å². The first-order chi connectivity index (χ1) is 8.52. The molecule has 3 heteroatoms. The number of amides is 1. The zero-order chi connectivity index (χ0) is 13.2. The average Bonchev–Trinajstić information content (AvgIpc) is 2.74. The summed E-state index contributed by atoms with van der Waals surface area (Å²) < 4.78 is 0. The molecule has 1 aliphatic rings. The molecule has 18 heavy (non-hydrogen) atoms. The number of nitrogens with one attached hydrogen (secondary N) is 1. The average molecular weight is 246 g/mol. The van der Waals surface area contributed by atoms with E-state index in [1.807, 2.05) is 26.0 Å². The Balaban J connectivity index is 2.10. The van der Waals surface area contributed by atoms with Crippen LogP contribution in [-0.2, 0) is 12.8 Å². The van der Waals surface area contributed by atoms with Crippen molar-refractivity contribution in [2.75, 3.05) is 6.54 Å². The Hall–Kier alpha value is -1.35. The van der Waals surface area contributed by atoms with Crippen LogP contribution in [0.1, 0.15) is 48.2 Å². The molecule has 3 nitrogen and oxygen atoms in total. The third-order valence-electron chi connectivity index (χ3n) is 3.58. The predicted octanol–water partition coefficient (Wildman–Crippen LogP) is 2.03. The molecular weight excluding hydrogens is 224 g/mol. The molecule has 0 aliphatic heterocycles. The molecule has 0 bridgehead atoms. The van der Waals surface area contributed by atoms with Crippen LogP contribution in [0.15, 0.2) is 18.2 Å². The van der Waals surface area contributed by atoms with Gasteiger partial charge in [-0.15, -0.1) is 0 Å². The van der Waals surface area contributed by atoms with Gasteiger partial charge in [-0.25, -0.2) is 0 Å². The number of hydrogen-bond acceptors (Lipinski definition) is 2. The molecule has 3 N–H and O–H groups in total. The summed E-state index contributed by atoms with van der Waals surface area (Å²) in [7, 11) is 0. The Bertz CT molecular complexity index is 452. The smallest absolute Gasteiger partial charge is 0.251 e. The van der Waals surface area contributed by atoms with Crippen molar-refractivity contribution < 1.29 is 4.79 Å². The lowest BCUT2D eigenvalue weighted by Crippen LogP contribution is -2.44. The fourth-order valence-electron chi connectivity index (χ4n) is 2.52. The van der Waals surface area contributed by atoms with Crippen LogP contribution in [0.2, 0.25) is 0 Å². The van der Waals surface area contributed by atoms with Crippen LogP contribution in [0.25, 0.3) is 0 Å². The van der Waals surface area contributed by atoms with Crippen molar-refractivity contribution in [3.05, 3.63) is 34.9 Å². The highest BCUT2D eigenvalue weighted by Crippen LogP contribution is 2.23. The standard InChI is InChI=1S/C15H22N2O/c1-15(2,8-9-16)17-14(18)13-7-6-11-4-3-5-12(11)10-13/h6-7,10H,3-5,8-9,16H2,1-2H3,(H,17,18). The molecule has 1 aromatic carbocycles. The molecule has 1 amide bonds. The van der Waals surface area contributed by atoms with Crippen molar-refractivity contribution >= 4 is 5.91 Å². The lowest BCUT2D eigenvalue weighted by molar-refractivity contribution is 0.0910. The number of rotatable bonds is 4. The van der Waals surface area contributed by atoms with E-state index in [1.54, 1.807) is 0 Å². The highest BCUT2D eigenvalue weighted by Gasteiger charge is 2.21. The van der Waals surface area contributed by atoms with Gasteiger partial charge in [0, 0.05) is 11.1 Å². The van der Waals surface area contributed by atoms with Crippen molar-refractivity contribution in [3.8, 4) is 0 Å². The summed E-state index contributed by atoms with van der Waals surface area (Å²) in [5.74, 6) is 0.00292. The van der Waals surface area contributed by atoms with Gasteiger partial charge in [0.1, 0.15) is 0 Å². The zero-order valence-corrected chi connectivity index (χ0v) is 11.3. The highest BCUT2D eigenvalue weighted by molar-refractivity contribution is 5.95. The van der Waals surface area contributed by atoms with E-state index in [2.05, 4.69) is 11.4 Å². The van der Waals surface area contributed by atoms with Crippen LogP contribution in [0, 0.1) is 0 Å². The Morgan fingerprint density at radius 1 is 1.33 bits per heavy atom. The van der Waals surface area contributed by atoms with Crippen LogP contribution < -0.4 is 11.1 Å². The second-order valence-corrected chi connectivity index (χ2v) is 5.71. The first-order valence-electron chi connectivity index (χ1n) is 6.66. The number of carbonyl (C=O) groups excluding carboxylic acids is 1. The predicted molar refractivity (Wildman–Crippen MR) is 73.7 cm³/mol. The van der Waals surface area contributed by atoms with Gasteiger partial charge in [-0.1, -0.05) is 6.07 Å². The molecule has 0 radical (unpaired) electrons. The molecule has 0 spiro atoms. The molecule has 0 saturated heterocycles. The van der Waals surface area contributed by atoms with Gasteiger partial charge < -0.3 is 11.1 Å². The number of fused-ring (bicyclic) bond motifs is 1. The molecule has 0 saturated carbocycles. The van der Waals surface area contributed by atoms with E-state index >= 15 is 0 Å². The van der Waals surface area contributed by atoms with Gasteiger partial charge in [0.15, 0.2) is 0 Å². The molecule has 1 aliphatic carbocycles. The minimum atomic E-state index is -0.245. The van der Waals surface area contributed by atoms with Crippen LogP contribution in [0.4, 0.5) is 0 Å². The Kier molecular flexibility index (Phi) is 3.71. The van der Waals surface area contributed by atoms with E-state index in [0.29, 0.717) is 6.54 Å². The molecule has 0 atom stereocenters. The SMILES string of the molecule is CC(C)(CCN)NC(=O)c1ccc2c(c1)CCC2.